The topological polar surface area (TPSA) is 146 Å². The van der Waals surface area contributed by atoms with Crippen LogP contribution in [0.5, 0.6) is 0 Å². The van der Waals surface area contributed by atoms with E-state index in [9.17, 15) is 27.6 Å². The number of morpholine rings is 1. The average Bonchev–Trinajstić information content (AvgIpc) is 3.20. The minimum Gasteiger partial charge on any atom is -0.379 e. The lowest BCUT2D eigenvalue weighted by Crippen LogP contribution is -2.40. The first-order valence-corrected chi connectivity index (χ1v) is 14.3. The molecule has 0 unspecified atom stereocenters. The Morgan fingerprint density at radius 1 is 1.05 bits per heavy atom. The maximum atomic E-state index is 13.1. The van der Waals surface area contributed by atoms with E-state index < -0.39 is 32.6 Å². The number of carbonyl (C=O) groups is 3. The van der Waals surface area contributed by atoms with Gasteiger partial charge in [-0.1, -0.05) is 30.3 Å². The second-order valence-electron chi connectivity index (χ2n) is 8.77. The summed E-state index contributed by atoms with van der Waals surface area (Å²) in [4.78, 5) is 54.4. The highest BCUT2D eigenvalue weighted by Gasteiger charge is 2.34. The lowest BCUT2D eigenvalue weighted by Gasteiger charge is -2.26. The second-order valence-corrected chi connectivity index (χ2v) is 11.7. The van der Waals surface area contributed by atoms with Gasteiger partial charge in [0.05, 0.1) is 28.6 Å². The maximum Gasteiger partial charge on any atom is 0.293 e. The van der Waals surface area contributed by atoms with Gasteiger partial charge < -0.3 is 15.0 Å². The number of hydrogen-bond acceptors (Lipinski definition) is 8. The molecule has 0 spiro atoms. The Morgan fingerprint density at radius 2 is 1.79 bits per heavy atom. The Morgan fingerprint density at radius 3 is 2.54 bits per heavy atom. The summed E-state index contributed by atoms with van der Waals surface area (Å²) in [5.41, 5.74) is 0.525. The van der Waals surface area contributed by atoms with E-state index in [1.54, 1.807) is 6.08 Å². The SMILES string of the molecule is O=C(NCCN1C(=O)S/C(=C/c2ccccc2)C1=O)c1cc(=O)[nH]c2ccc(S(=O)(=O)N3CCOCC3)cc12. The number of amides is 3. The minimum absolute atomic E-state index is 0.0129. The van der Waals surface area contributed by atoms with E-state index in [0.29, 0.717) is 5.52 Å². The summed E-state index contributed by atoms with van der Waals surface area (Å²) in [6.45, 7) is 0.882. The number of rotatable bonds is 7. The molecule has 0 atom stereocenters. The molecule has 2 aliphatic rings. The van der Waals surface area contributed by atoms with Gasteiger partial charge >= 0.3 is 0 Å². The van der Waals surface area contributed by atoms with Crippen molar-refractivity contribution in [1.82, 2.24) is 19.5 Å². The molecule has 2 aliphatic heterocycles. The number of ether oxygens (including phenoxy) is 1. The van der Waals surface area contributed by atoms with Gasteiger partial charge in [0.25, 0.3) is 17.1 Å². The summed E-state index contributed by atoms with van der Waals surface area (Å²) in [6, 6.07) is 14.4. The number of pyridine rings is 1. The van der Waals surface area contributed by atoms with Crippen LogP contribution in [0.1, 0.15) is 15.9 Å². The quantitative estimate of drug-likeness (QED) is 0.412. The molecular weight excluding hydrogens is 544 g/mol. The summed E-state index contributed by atoms with van der Waals surface area (Å²) >= 11 is 0.823. The predicted molar refractivity (Wildman–Crippen MR) is 146 cm³/mol. The van der Waals surface area contributed by atoms with E-state index in [1.165, 1.54) is 22.5 Å². The zero-order valence-electron chi connectivity index (χ0n) is 20.6. The van der Waals surface area contributed by atoms with Crippen LogP contribution in [0.3, 0.4) is 0 Å². The van der Waals surface area contributed by atoms with Crippen LogP contribution < -0.4 is 10.9 Å². The summed E-state index contributed by atoms with van der Waals surface area (Å²) in [5, 5.41) is 2.43. The van der Waals surface area contributed by atoms with Crippen molar-refractivity contribution in [3.63, 3.8) is 0 Å². The van der Waals surface area contributed by atoms with Gasteiger partial charge in [-0.2, -0.15) is 4.31 Å². The Balaban J connectivity index is 1.32. The zero-order chi connectivity index (χ0) is 27.6. The average molecular weight is 569 g/mol. The summed E-state index contributed by atoms with van der Waals surface area (Å²) in [5.74, 6) is -1.10. The molecule has 11 nitrogen and oxygen atoms in total. The number of sulfonamides is 1. The summed E-state index contributed by atoms with van der Waals surface area (Å²) in [7, 11) is -3.83. The van der Waals surface area contributed by atoms with E-state index in [-0.39, 0.29) is 60.1 Å². The summed E-state index contributed by atoms with van der Waals surface area (Å²) < 4.78 is 32.8. The van der Waals surface area contributed by atoms with Crippen molar-refractivity contribution < 1.29 is 27.5 Å². The zero-order valence-corrected chi connectivity index (χ0v) is 22.2. The van der Waals surface area contributed by atoms with Gasteiger partial charge in [0.2, 0.25) is 15.6 Å². The molecule has 2 N–H and O–H groups in total. The van der Waals surface area contributed by atoms with E-state index >= 15 is 0 Å². The molecule has 0 bridgehead atoms. The fourth-order valence-corrected chi connectivity index (χ4v) is 6.59. The fraction of sp³-hybridized carbons (Fsp3) is 0.231. The number of benzene rings is 2. The van der Waals surface area contributed by atoms with Crippen molar-refractivity contribution in [3.05, 3.63) is 81.0 Å². The molecule has 2 aromatic carbocycles. The van der Waals surface area contributed by atoms with Gasteiger partial charge in [-0.25, -0.2) is 8.42 Å². The smallest absolute Gasteiger partial charge is 0.293 e. The Kier molecular flexibility index (Phi) is 7.66. The molecule has 2 fully saturated rings. The molecule has 3 heterocycles. The first-order valence-electron chi connectivity index (χ1n) is 12.1. The Hall–Kier alpha value is -3.78. The molecule has 0 aliphatic carbocycles. The number of hydrogen-bond donors (Lipinski definition) is 2. The van der Waals surface area contributed by atoms with Crippen LogP contribution in [0.15, 0.2) is 69.2 Å². The molecule has 2 saturated heterocycles. The van der Waals surface area contributed by atoms with Crippen LogP contribution in [0.2, 0.25) is 0 Å². The summed E-state index contributed by atoms with van der Waals surface area (Å²) in [6.07, 6.45) is 1.63. The number of imide groups is 1. The van der Waals surface area contributed by atoms with E-state index in [4.69, 9.17) is 4.74 Å². The van der Waals surface area contributed by atoms with Crippen LogP contribution in [-0.2, 0) is 19.6 Å². The Labute approximate surface area is 227 Å². The standard InChI is InChI=1S/C26H24N4O7S2/c31-23-16-20(19-15-18(6-7-21(19)28-23)39(35,36)29-10-12-37-13-11-29)24(32)27-8-9-30-25(33)22(38-26(30)34)14-17-4-2-1-3-5-17/h1-7,14-16H,8-13H2,(H,27,32)(H,28,31)/b22-14+. The van der Waals surface area contributed by atoms with E-state index in [0.717, 1.165) is 28.3 Å². The number of aromatic amines is 1. The maximum absolute atomic E-state index is 13.1. The van der Waals surface area contributed by atoms with Gasteiger partial charge in [-0.05, 0) is 41.6 Å². The third kappa shape index (κ3) is 5.66. The molecule has 1 aromatic heterocycles. The number of nitrogens with one attached hydrogen (secondary N) is 2. The third-order valence-corrected chi connectivity index (χ3v) is 9.06. The molecule has 13 heteroatoms. The van der Waals surface area contributed by atoms with Crippen LogP contribution in [0, 0.1) is 0 Å². The lowest BCUT2D eigenvalue weighted by atomic mass is 10.1. The Bertz CT molecular complexity index is 1650. The highest BCUT2D eigenvalue weighted by atomic mass is 32.2. The van der Waals surface area contributed by atoms with Gasteiger partial charge in [-0.3, -0.25) is 24.1 Å². The second kappa shape index (κ2) is 11.1. The van der Waals surface area contributed by atoms with Crippen LogP contribution in [-0.4, -0.2) is 79.1 Å². The number of aromatic nitrogens is 1. The van der Waals surface area contributed by atoms with Crippen molar-refractivity contribution in [2.45, 2.75) is 4.90 Å². The van der Waals surface area contributed by atoms with Crippen molar-refractivity contribution >= 4 is 55.8 Å². The molecule has 39 heavy (non-hydrogen) atoms. The normalized spacial score (nSPS) is 17.7. The lowest BCUT2D eigenvalue weighted by molar-refractivity contribution is -0.122. The van der Waals surface area contributed by atoms with Crippen molar-refractivity contribution in [3.8, 4) is 0 Å². The van der Waals surface area contributed by atoms with Gasteiger partial charge in [-0.15, -0.1) is 0 Å². The van der Waals surface area contributed by atoms with Crippen LogP contribution in [0.4, 0.5) is 4.79 Å². The van der Waals surface area contributed by atoms with Crippen molar-refractivity contribution in [2.24, 2.45) is 0 Å². The predicted octanol–water partition coefficient (Wildman–Crippen LogP) is 2.02. The monoisotopic (exact) mass is 568 g/mol. The molecule has 5 rings (SSSR count). The molecule has 0 radical (unpaired) electrons. The van der Waals surface area contributed by atoms with Crippen LogP contribution in [0.25, 0.3) is 17.0 Å². The highest BCUT2D eigenvalue weighted by molar-refractivity contribution is 8.18. The minimum atomic E-state index is -3.83. The number of nitrogens with zero attached hydrogens (tertiary/aromatic N) is 2. The highest BCUT2D eigenvalue weighted by Crippen LogP contribution is 2.32. The molecular formula is C26H24N4O7S2. The van der Waals surface area contributed by atoms with E-state index in [1.807, 2.05) is 30.3 Å². The number of fused-ring (bicyclic) bond motifs is 1. The van der Waals surface area contributed by atoms with Gasteiger partial charge in [0.15, 0.2) is 0 Å². The van der Waals surface area contributed by atoms with Gasteiger partial charge in [0.1, 0.15) is 0 Å². The fourth-order valence-electron chi connectivity index (χ4n) is 4.29. The van der Waals surface area contributed by atoms with Crippen LogP contribution >= 0.6 is 11.8 Å². The van der Waals surface area contributed by atoms with E-state index in [2.05, 4.69) is 10.3 Å². The number of H-pyrrole nitrogens is 1. The molecule has 3 aromatic rings. The third-order valence-electron chi connectivity index (χ3n) is 6.26. The number of thioether (sulfide) groups is 1. The molecule has 202 valence electrons. The molecule has 3 amide bonds. The molecule has 0 saturated carbocycles. The number of carbonyl (C=O) groups excluding carboxylic acids is 3. The van der Waals surface area contributed by atoms with Gasteiger partial charge in [0, 0.05) is 43.1 Å². The largest absolute Gasteiger partial charge is 0.379 e. The van der Waals surface area contributed by atoms with Crippen molar-refractivity contribution in [2.75, 3.05) is 39.4 Å². The first kappa shape index (κ1) is 26.8. The first-order chi connectivity index (χ1) is 18.7. The van der Waals surface area contributed by atoms with Crippen molar-refractivity contribution in [1.29, 1.82) is 0 Å².